The van der Waals surface area contributed by atoms with Crippen LogP contribution < -0.4 is 0 Å². The van der Waals surface area contributed by atoms with Gasteiger partial charge in [-0.25, -0.2) is 0 Å². The van der Waals surface area contributed by atoms with Crippen LogP contribution in [-0.2, 0) is 0 Å². The summed E-state index contributed by atoms with van der Waals surface area (Å²) < 4.78 is 0. The first-order chi connectivity index (χ1) is 13.5. The Bertz CT molecular complexity index is 297. The van der Waals surface area contributed by atoms with E-state index in [1.165, 1.54) is 134 Å². The Balaban J connectivity index is 3.71. The fraction of sp³-hybridized carbons (Fsp3) is 1.00. The van der Waals surface area contributed by atoms with Crippen molar-refractivity contribution in [1.29, 1.82) is 0 Å². The van der Waals surface area contributed by atoms with Crippen LogP contribution in [0.1, 0.15) is 142 Å². The number of rotatable bonds is 22. The molecule has 0 aromatic heterocycles. The first kappa shape index (κ1) is 28.6. The Morgan fingerprint density at radius 1 is 0.500 bits per heavy atom. The second-order valence-electron chi connectivity index (χ2n) is 9.67. The van der Waals surface area contributed by atoms with Crippen LogP contribution in [0.3, 0.4) is 0 Å². The van der Waals surface area contributed by atoms with Gasteiger partial charge in [0, 0.05) is 0 Å². The highest BCUT2D eigenvalue weighted by Gasteiger charge is 2.16. The number of hydrogen-bond acceptors (Lipinski definition) is 0. The summed E-state index contributed by atoms with van der Waals surface area (Å²) in [6, 6.07) is 0. The van der Waals surface area contributed by atoms with E-state index in [9.17, 15) is 0 Å². The Labute approximate surface area is 186 Å². The monoisotopic (exact) mass is 434 g/mol. The van der Waals surface area contributed by atoms with Gasteiger partial charge in [-0.3, -0.25) is 0 Å². The molecule has 0 saturated heterocycles. The van der Waals surface area contributed by atoms with Crippen molar-refractivity contribution in [1.82, 2.24) is 0 Å². The van der Waals surface area contributed by atoms with Crippen LogP contribution in [0, 0.1) is 5.92 Å². The van der Waals surface area contributed by atoms with Gasteiger partial charge >= 0.3 is 0 Å². The number of unbranched alkanes of at least 4 members (excludes halogenated alkanes) is 16. The summed E-state index contributed by atoms with van der Waals surface area (Å²) >= 11 is 0. The fourth-order valence-electron chi connectivity index (χ4n) is 4.36. The molecular weight excluding hydrogens is 380 g/mol. The summed E-state index contributed by atoms with van der Waals surface area (Å²) in [5.41, 5.74) is 0. The average molecular weight is 435 g/mol. The van der Waals surface area contributed by atoms with Crippen LogP contribution >= 0.6 is 19.9 Å². The molecule has 0 saturated carbocycles. The molecule has 0 aliphatic carbocycles. The molecule has 1 atom stereocenters. The lowest BCUT2D eigenvalue weighted by atomic mass is 9.95. The molecule has 172 valence electrons. The molecule has 0 fully saturated rings. The van der Waals surface area contributed by atoms with E-state index in [1.54, 1.807) is 0 Å². The highest BCUT2D eigenvalue weighted by molar-refractivity contribution is 8.50. The molecule has 0 nitrogen and oxygen atoms in total. The second-order valence-corrected chi connectivity index (χ2v) is 15.3. The third-order valence-corrected chi connectivity index (χ3v) is 7.71. The van der Waals surface area contributed by atoms with Crippen molar-refractivity contribution >= 4 is 19.9 Å². The zero-order valence-electron chi connectivity index (χ0n) is 20.2. The molecule has 1 unspecified atom stereocenters. The van der Waals surface area contributed by atoms with E-state index in [2.05, 4.69) is 26.4 Å². The van der Waals surface area contributed by atoms with Crippen LogP contribution in [0.25, 0.3) is 0 Å². The zero-order chi connectivity index (χ0) is 20.9. The Kier molecular flexibility index (Phi) is 21.4. The van der Waals surface area contributed by atoms with Crippen molar-refractivity contribution in [2.75, 3.05) is 18.3 Å². The minimum Gasteiger partial charge on any atom is -0.169 e. The average Bonchev–Trinajstić information content (AvgIpc) is 2.64. The van der Waals surface area contributed by atoms with Crippen molar-refractivity contribution in [2.24, 2.45) is 5.92 Å². The summed E-state index contributed by atoms with van der Waals surface area (Å²) in [4.78, 5) is 0. The molecule has 0 radical (unpaired) electrons. The van der Waals surface area contributed by atoms with Gasteiger partial charge in [-0.15, -0.1) is 0 Å². The molecule has 0 spiro atoms. The van der Waals surface area contributed by atoms with E-state index >= 15 is 0 Å². The van der Waals surface area contributed by atoms with Gasteiger partial charge in [-0.1, -0.05) is 140 Å². The van der Waals surface area contributed by atoms with E-state index in [0.717, 1.165) is 5.92 Å². The normalized spacial score (nSPS) is 13.8. The first-order valence-corrected chi connectivity index (χ1v) is 16.3. The van der Waals surface area contributed by atoms with E-state index in [-0.39, 0.29) is 0 Å². The highest BCUT2D eigenvalue weighted by atomic mass is 35.7. The molecule has 0 rings (SSSR count). The Morgan fingerprint density at radius 2 is 0.786 bits per heavy atom. The van der Waals surface area contributed by atoms with Gasteiger partial charge in [-0.2, -0.15) is 9.24 Å². The molecule has 28 heavy (non-hydrogen) atoms. The molecular formula is C26H55ClS. The Hall–Kier alpha value is 0.640. The fourth-order valence-corrected chi connectivity index (χ4v) is 6.35. The quantitative estimate of drug-likeness (QED) is 0.148. The third-order valence-electron chi connectivity index (χ3n) is 6.06. The lowest BCUT2D eigenvalue weighted by molar-refractivity contribution is 0.435. The number of halogens is 1. The topological polar surface area (TPSA) is 0 Å². The van der Waals surface area contributed by atoms with E-state index in [1.807, 2.05) is 0 Å². The van der Waals surface area contributed by atoms with Crippen LogP contribution in [-0.4, -0.2) is 18.3 Å². The molecule has 0 aliphatic rings. The van der Waals surface area contributed by atoms with Crippen molar-refractivity contribution in [3.8, 4) is 0 Å². The third kappa shape index (κ3) is 22.9. The maximum Gasteiger partial charge on any atom is -0.00773 e. The Morgan fingerprint density at radius 3 is 1.07 bits per heavy atom. The van der Waals surface area contributed by atoms with Gasteiger partial charge in [0.05, 0.1) is 0 Å². The first-order valence-electron chi connectivity index (χ1n) is 12.9. The smallest absolute Gasteiger partial charge is 0.00773 e. The molecule has 0 heterocycles. The van der Waals surface area contributed by atoms with Gasteiger partial charge in [0.1, 0.15) is 0 Å². The molecule has 0 aromatic carbocycles. The van der Waals surface area contributed by atoms with Crippen molar-refractivity contribution < 1.29 is 0 Å². The molecule has 0 amide bonds. The van der Waals surface area contributed by atoms with Crippen molar-refractivity contribution in [3.63, 3.8) is 0 Å². The zero-order valence-corrected chi connectivity index (χ0v) is 21.8. The van der Waals surface area contributed by atoms with Crippen molar-refractivity contribution in [2.45, 2.75) is 142 Å². The predicted octanol–water partition coefficient (Wildman–Crippen LogP) is 10.7. The van der Waals surface area contributed by atoms with Crippen LogP contribution in [0.15, 0.2) is 0 Å². The van der Waals surface area contributed by atoms with Crippen LogP contribution in [0.4, 0.5) is 0 Å². The molecule has 0 bridgehead atoms. The maximum atomic E-state index is 6.66. The highest BCUT2D eigenvalue weighted by Crippen LogP contribution is 2.48. The predicted molar refractivity (Wildman–Crippen MR) is 137 cm³/mol. The summed E-state index contributed by atoms with van der Waals surface area (Å²) in [6.07, 6.45) is 33.3. The van der Waals surface area contributed by atoms with Crippen molar-refractivity contribution in [3.05, 3.63) is 0 Å². The number of hydrogen-bond donors (Lipinski definition) is 0. The van der Waals surface area contributed by atoms with Gasteiger partial charge in [0.25, 0.3) is 0 Å². The summed E-state index contributed by atoms with van der Waals surface area (Å²) in [6.45, 7) is 4.60. The molecule has 0 aromatic rings. The maximum absolute atomic E-state index is 6.66. The SMILES string of the molecule is CCCCCCCCCCCCC(CCCCCCCCCC)CS(C)(C)Cl. The largest absolute Gasteiger partial charge is 0.169 e. The minimum absolute atomic E-state index is 0.871. The van der Waals surface area contributed by atoms with E-state index < -0.39 is 9.24 Å². The van der Waals surface area contributed by atoms with E-state index in [4.69, 9.17) is 10.7 Å². The summed E-state index contributed by atoms with van der Waals surface area (Å²) in [7, 11) is 5.78. The summed E-state index contributed by atoms with van der Waals surface area (Å²) in [5.74, 6) is 2.17. The van der Waals surface area contributed by atoms with Crippen LogP contribution in [0.2, 0.25) is 0 Å². The molecule has 2 heteroatoms. The standard InChI is InChI=1S/C26H55ClS/c1-5-7-9-11-13-15-16-18-20-22-24-26(25-28(3,4)27)23-21-19-17-14-12-10-8-6-2/h26H,5-25H2,1-4H3. The lowest BCUT2D eigenvalue weighted by Crippen LogP contribution is -2.10. The lowest BCUT2D eigenvalue weighted by Gasteiger charge is -2.28. The van der Waals surface area contributed by atoms with Gasteiger partial charge in [-0.05, 0) is 37.0 Å². The van der Waals surface area contributed by atoms with Crippen LogP contribution in [0.5, 0.6) is 0 Å². The van der Waals surface area contributed by atoms with Gasteiger partial charge in [0.15, 0.2) is 0 Å². The second kappa shape index (κ2) is 20.9. The molecule has 0 aliphatic heterocycles. The molecule has 0 N–H and O–H groups in total. The minimum atomic E-state index is -0.871. The summed E-state index contributed by atoms with van der Waals surface area (Å²) in [5, 5.41) is 0. The van der Waals surface area contributed by atoms with E-state index in [0.29, 0.717) is 0 Å². The van der Waals surface area contributed by atoms with Gasteiger partial charge in [0.2, 0.25) is 0 Å². The van der Waals surface area contributed by atoms with Gasteiger partial charge < -0.3 is 0 Å².